The highest BCUT2D eigenvalue weighted by molar-refractivity contribution is 7.99. The molecular weight excluding hydrogens is 252 g/mol. The molecular formula is C12H22N2O3S. The molecule has 0 saturated carbocycles. The predicted octanol–water partition coefficient (Wildman–Crippen LogP) is 1.85. The molecule has 0 radical (unpaired) electrons. The molecule has 0 heterocycles. The molecule has 0 aliphatic carbocycles. The molecule has 0 aromatic heterocycles. The molecule has 5 nitrogen and oxygen atoms in total. The van der Waals surface area contributed by atoms with E-state index in [4.69, 9.17) is 5.11 Å². The van der Waals surface area contributed by atoms with Gasteiger partial charge in [-0.1, -0.05) is 25.8 Å². The molecule has 0 fully saturated rings. The van der Waals surface area contributed by atoms with E-state index < -0.39 is 18.0 Å². The largest absolute Gasteiger partial charge is 0.480 e. The topological polar surface area (TPSA) is 78.4 Å². The van der Waals surface area contributed by atoms with E-state index in [-0.39, 0.29) is 0 Å². The van der Waals surface area contributed by atoms with Crippen LogP contribution in [0.4, 0.5) is 4.79 Å². The van der Waals surface area contributed by atoms with Crippen LogP contribution in [0.3, 0.4) is 0 Å². The van der Waals surface area contributed by atoms with Crippen molar-refractivity contribution in [1.29, 1.82) is 0 Å². The van der Waals surface area contributed by atoms with E-state index in [1.807, 2.05) is 6.92 Å². The maximum Gasteiger partial charge on any atom is 0.326 e. The molecule has 6 heteroatoms. The average molecular weight is 274 g/mol. The van der Waals surface area contributed by atoms with E-state index in [0.29, 0.717) is 13.0 Å². The summed E-state index contributed by atoms with van der Waals surface area (Å²) in [6, 6.07) is -1.22. The maximum atomic E-state index is 11.4. The van der Waals surface area contributed by atoms with Gasteiger partial charge in [-0.05, 0) is 6.42 Å². The Morgan fingerprint density at radius 3 is 2.78 bits per heavy atom. The van der Waals surface area contributed by atoms with E-state index >= 15 is 0 Å². The number of nitrogens with one attached hydrogen (secondary N) is 2. The van der Waals surface area contributed by atoms with Crippen molar-refractivity contribution in [3.05, 3.63) is 12.7 Å². The van der Waals surface area contributed by atoms with Crippen molar-refractivity contribution < 1.29 is 14.7 Å². The fourth-order valence-corrected chi connectivity index (χ4v) is 1.86. The van der Waals surface area contributed by atoms with Crippen LogP contribution >= 0.6 is 11.8 Å². The molecule has 0 spiro atoms. The quantitative estimate of drug-likeness (QED) is 0.419. The second-order valence-electron chi connectivity index (χ2n) is 3.80. The first-order chi connectivity index (χ1) is 8.61. The van der Waals surface area contributed by atoms with Gasteiger partial charge in [-0.3, -0.25) is 0 Å². The van der Waals surface area contributed by atoms with Crippen molar-refractivity contribution in [2.75, 3.05) is 18.1 Å². The van der Waals surface area contributed by atoms with Crippen molar-refractivity contribution >= 4 is 23.8 Å². The van der Waals surface area contributed by atoms with Crippen LogP contribution in [0.5, 0.6) is 0 Å². The molecule has 0 aliphatic heterocycles. The highest BCUT2D eigenvalue weighted by atomic mass is 32.2. The van der Waals surface area contributed by atoms with Crippen LogP contribution in [0.25, 0.3) is 0 Å². The molecule has 0 unspecified atom stereocenters. The standard InChI is InChI=1S/C12H22N2O3S/c1-3-5-6-10(11(15)16)14-12(17)13-7-9-18-8-4-2/h4,10H,2-3,5-9H2,1H3,(H,15,16)(H2,13,14,17)/t10-/m0/s1. The van der Waals surface area contributed by atoms with Crippen molar-refractivity contribution in [3.63, 3.8) is 0 Å². The zero-order chi connectivity index (χ0) is 13.8. The summed E-state index contributed by atoms with van der Waals surface area (Å²) < 4.78 is 0. The second-order valence-corrected chi connectivity index (χ2v) is 4.95. The Morgan fingerprint density at radius 2 is 2.22 bits per heavy atom. The van der Waals surface area contributed by atoms with E-state index in [1.165, 1.54) is 0 Å². The Hall–Kier alpha value is -1.17. The van der Waals surface area contributed by atoms with Crippen molar-refractivity contribution in [3.8, 4) is 0 Å². The smallest absolute Gasteiger partial charge is 0.326 e. The zero-order valence-electron chi connectivity index (χ0n) is 10.8. The van der Waals surface area contributed by atoms with E-state index in [9.17, 15) is 9.59 Å². The molecule has 0 aromatic rings. The van der Waals surface area contributed by atoms with Crippen LogP contribution in [-0.4, -0.2) is 41.2 Å². The van der Waals surface area contributed by atoms with Crippen molar-refractivity contribution in [1.82, 2.24) is 10.6 Å². The predicted molar refractivity (Wildman–Crippen MR) is 75.0 cm³/mol. The van der Waals surface area contributed by atoms with Gasteiger partial charge in [-0.25, -0.2) is 9.59 Å². The number of hydrogen-bond acceptors (Lipinski definition) is 3. The number of urea groups is 1. The van der Waals surface area contributed by atoms with Gasteiger partial charge in [0.2, 0.25) is 0 Å². The lowest BCUT2D eigenvalue weighted by atomic mass is 10.1. The normalized spacial score (nSPS) is 11.6. The highest BCUT2D eigenvalue weighted by Gasteiger charge is 2.18. The molecule has 2 amide bonds. The number of hydrogen-bond donors (Lipinski definition) is 3. The Bertz CT molecular complexity index is 272. The number of carbonyl (C=O) groups is 2. The van der Waals surface area contributed by atoms with Gasteiger partial charge >= 0.3 is 12.0 Å². The summed E-state index contributed by atoms with van der Waals surface area (Å²) >= 11 is 1.66. The summed E-state index contributed by atoms with van der Waals surface area (Å²) in [5.74, 6) is 0.642. The first kappa shape index (κ1) is 16.8. The zero-order valence-corrected chi connectivity index (χ0v) is 11.6. The Morgan fingerprint density at radius 1 is 1.50 bits per heavy atom. The molecule has 0 aliphatic rings. The molecule has 0 saturated heterocycles. The van der Waals surface area contributed by atoms with Gasteiger partial charge in [0.05, 0.1) is 0 Å². The van der Waals surface area contributed by atoms with Crippen LogP contribution in [0.1, 0.15) is 26.2 Å². The third-order valence-electron chi connectivity index (χ3n) is 2.22. The van der Waals surface area contributed by atoms with Gasteiger partial charge < -0.3 is 15.7 Å². The molecule has 3 N–H and O–H groups in total. The molecule has 0 rings (SSSR count). The fraction of sp³-hybridized carbons (Fsp3) is 0.667. The third kappa shape index (κ3) is 8.92. The monoisotopic (exact) mass is 274 g/mol. The third-order valence-corrected chi connectivity index (χ3v) is 3.18. The van der Waals surface area contributed by atoms with Crippen LogP contribution in [0, 0.1) is 0 Å². The lowest BCUT2D eigenvalue weighted by Gasteiger charge is -2.14. The van der Waals surface area contributed by atoms with Crippen LogP contribution in [-0.2, 0) is 4.79 Å². The van der Waals surface area contributed by atoms with Gasteiger partial charge in [0, 0.05) is 18.1 Å². The Balaban J connectivity index is 3.80. The summed E-state index contributed by atoms with van der Waals surface area (Å²) in [5, 5.41) is 14.0. The average Bonchev–Trinajstić information content (AvgIpc) is 2.33. The molecule has 1 atom stereocenters. The van der Waals surface area contributed by atoms with E-state index in [0.717, 1.165) is 24.3 Å². The maximum absolute atomic E-state index is 11.4. The number of aliphatic carboxylic acids is 1. The minimum Gasteiger partial charge on any atom is -0.480 e. The van der Waals surface area contributed by atoms with E-state index in [1.54, 1.807) is 17.8 Å². The van der Waals surface area contributed by atoms with E-state index in [2.05, 4.69) is 17.2 Å². The number of unbranched alkanes of at least 4 members (excludes halogenated alkanes) is 1. The summed E-state index contributed by atoms with van der Waals surface area (Å²) in [4.78, 5) is 22.3. The minimum absolute atomic E-state index is 0.419. The summed E-state index contributed by atoms with van der Waals surface area (Å²) in [6.45, 7) is 6.10. The SMILES string of the molecule is C=CCSCCNC(=O)N[C@@H](CCCC)C(=O)O. The van der Waals surface area contributed by atoms with Crippen LogP contribution < -0.4 is 10.6 Å². The van der Waals surface area contributed by atoms with Gasteiger partial charge in [-0.15, -0.1) is 6.58 Å². The van der Waals surface area contributed by atoms with Crippen LogP contribution in [0.2, 0.25) is 0 Å². The molecule has 18 heavy (non-hydrogen) atoms. The first-order valence-electron chi connectivity index (χ1n) is 6.07. The van der Waals surface area contributed by atoms with Crippen molar-refractivity contribution in [2.24, 2.45) is 0 Å². The number of amides is 2. The number of carboxylic acids is 1. The molecule has 0 bridgehead atoms. The van der Waals surface area contributed by atoms with Gasteiger partial charge in [0.15, 0.2) is 0 Å². The molecule has 104 valence electrons. The van der Waals surface area contributed by atoms with Gasteiger partial charge in [0.25, 0.3) is 0 Å². The Kier molecular flexibility index (Phi) is 10.2. The Labute approximate surface area is 112 Å². The number of carboxylic acid groups (broad SMARTS) is 1. The minimum atomic E-state index is -0.986. The first-order valence-corrected chi connectivity index (χ1v) is 7.23. The molecule has 0 aromatic carbocycles. The summed E-state index contributed by atoms with van der Waals surface area (Å²) in [6.07, 6.45) is 3.96. The van der Waals surface area contributed by atoms with Crippen LogP contribution in [0.15, 0.2) is 12.7 Å². The highest BCUT2D eigenvalue weighted by Crippen LogP contribution is 2.01. The summed E-state index contributed by atoms with van der Waals surface area (Å²) in [7, 11) is 0. The van der Waals surface area contributed by atoms with Gasteiger partial charge in [-0.2, -0.15) is 11.8 Å². The number of rotatable bonds is 10. The number of thioether (sulfide) groups is 1. The summed E-state index contributed by atoms with van der Waals surface area (Å²) in [5.41, 5.74) is 0. The fourth-order valence-electron chi connectivity index (χ4n) is 1.28. The van der Waals surface area contributed by atoms with Crippen molar-refractivity contribution in [2.45, 2.75) is 32.2 Å². The second kappa shape index (κ2) is 11.0. The lowest BCUT2D eigenvalue weighted by molar-refractivity contribution is -0.139. The van der Waals surface area contributed by atoms with Gasteiger partial charge in [0.1, 0.15) is 6.04 Å². The lowest BCUT2D eigenvalue weighted by Crippen LogP contribution is -2.46. The number of carbonyl (C=O) groups excluding carboxylic acids is 1.